The molecule has 0 heterocycles. The van der Waals surface area contributed by atoms with Gasteiger partial charge in [-0.15, -0.1) is 0 Å². The van der Waals surface area contributed by atoms with Gasteiger partial charge in [0.25, 0.3) is 0 Å². The van der Waals surface area contributed by atoms with Crippen molar-refractivity contribution in [3.63, 3.8) is 0 Å². The Kier molecular flexibility index (Phi) is 5.19. The highest BCUT2D eigenvalue weighted by molar-refractivity contribution is 5.93. The lowest BCUT2D eigenvalue weighted by molar-refractivity contribution is -0.138. The van der Waals surface area contributed by atoms with Crippen LogP contribution < -0.4 is 5.32 Å². The number of nitrogens with one attached hydrogen (secondary N) is 1. The van der Waals surface area contributed by atoms with Gasteiger partial charge in [0, 0.05) is 6.04 Å². The van der Waals surface area contributed by atoms with Gasteiger partial charge in [0.2, 0.25) is 0 Å². The monoisotopic (exact) mass is 300 g/mol. The lowest BCUT2D eigenvalue weighted by atomic mass is 10.0. The van der Waals surface area contributed by atoms with Crippen LogP contribution in [0.25, 0.3) is 0 Å². The molecule has 0 aliphatic heterocycles. The van der Waals surface area contributed by atoms with Gasteiger partial charge in [0.1, 0.15) is 6.07 Å². The summed E-state index contributed by atoms with van der Waals surface area (Å²) in [5.41, 5.74) is -1.79. The Labute approximate surface area is 120 Å². The van der Waals surface area contributed by atoms with E-state index < -0.39 is 23.3 Å². The molecule has 1 N–H and O–H groups in total. The largest absolute Gasteiger partial charge is 0.465 e. The molecule has 4 nitrogen and oxygen atoms in total. The number of carbonyl (C=O) groups excluding carboxylic acids is 1. The van der Waals surface area contributed by atoms with Gasteiger partial charge in [0.05, 0.1) is 29.5 Å². The Balaban J connectivity index is 3.49. The average molecular weight is 300 g/mol. The van der Waals surface area contributed by atoms with Crippen molar-refractivity contribution in [2.24, 2.45) is 0 Å². The van der Waals surface area contributed by atoms with E-state index in [1.54, 1.807) is 6.07 Å². The number of rotatable bonds is 4. The Morgan fingerprint density at radius 3 is 2.52 bits per heavy atom. The highest BCUT2D eigenvalue weighted by atomic mass is 19.4. The summed E-state index contributed by atoms with van der Waals surface area (Å²) in [6, 6.07) is 3.33. The number of alkyl halides is 3. The predicted molar refractivity (Wildman–Crippen MR) is 70.9 cm³/mol. The van der Waals surface area contributed by atoms with Crippen molar-refractivity contribution in [2.75, 3.05) is 12.4 Å². The maximum absolute atomic E-state index is 13.0. The number of hydrogen-bond donors (Lipinski definition) is 1. The maximum Gasteiger partial charge on any atom is 0.417 e. The van der Waals surface area contributed by atoms with Crippen LogP contribution in [0.1, 0.15) is 41.8 Å². The van der Waals surface area contributed by atoms with Crippen molar-refractivity contribution in [2.45, 2.75) is 32.5 Å². The fourth-order valence-corrected chi connectivity index (χ4v) is 1.69. The third-order valence-corrected chi connectivity index (χ3v) is 3.00. The molecule has 0 saturated carbocycles. The highest BCUT2D eigenvalue weighted by Crippen LogP contribution is 2.35. The topological polar surface area (TPSA) is 62.1 Å². The zero-order chi connectivity index (χ0) is 16.2. The molecule has 114 valence electrons. The number of ether oxygens (including phenoxy) is 1. The molecule has 1 rings (SSSR count). The van der Waals surface area contributed by atoms with Gasteiger partial charge in [-0.25, -0.2) is 4.79 Å². The third kappa shape index (κ3) is 3.88. The number of hydrogen-bond acceptors (Lipinski definition) is 4. The second-order valence-corrected chi connectivity index (χ2v) is 4.50. The van der Waals surface area contributed by atoms with E-state index in [4.69, 9.17) is 5.26 Å². The lowest BCUT2D eigenvalue weighted by Crippen LogP contribution is -2.18. The normalized spacial score (nSPS) is 12.4. The molecule has 0 bridgehead atoms. The average Bonchev–Trinajstić information content (AvgIpc) is 2.44. The zero-order valence-corrected chi connectivity index (χ0v) is 11.8. The van der Waals surface area contributed by atoms with Gasteiger partial charge in [-0.2, -0.15) is 18.4 Å². The molecule has 0 aromatic heterocycles. The van der Waals surface area contributed by atoms with Crippen molar-refractivity contribution in [1.29, 1.82) is 5.26 Å². The Bertz CT molecular complexity index is 577. The molecule has 0 radical (unpaired) electrons. The van der Waals surface area contributed by atoms with Crippen LogP contribution in [-0.4, -0.2) is 19.1 Å². The summed E-state index contributed by atoms with van der Waals surface area (Å²) in [4.78, 5) is 11.6. The number of benzene rings is 1. The smallest absolute Gasteiger partial charge is 0.417 e. The van der Waals surface area contributed by atoms with Crippen LogP contribution in [0.5, 0.6) is 0 Å². The summed E-state index contributed by atoms with van der Waals surface area (Å²) in [6.07, 6.45) is -4.04. The van der Waals surface area contributed by atoms with Crippen LogP contribution in [-0.2, 0) is 10.9 Å². The standard InChI is InChI=1S/C14H15F3N2O2/c1-4-8(2)19-12-6-10(13(20)21-3)11(14(15,16)17)5-9(12)7-18/h5-6,8,19H,4H2,1-3H3. The molecule has 1 atom stereocenters. The minimum absolute atomic E-state index is 0.0562. The maximum atomic E-state index is 13.0. The first-order chi connectivity index (χ1) is 9.74. The molecule has 0 aliphatic carbocycles. The molecule has 0 saturated heterocycles. The number of nitriles is 1. The van der Waals surface area contributed by atoms with Crippen LogP contribution in [0, 0.1) is 11.3 Å². The number of carbonyl (C=O) groups is 1. The summed E-state index contributed by atoms with van der Waals surface area (Å²) >= 11 is 0. The SMILES string of the molecule is CCC(C)Nc1cc(C(=O)OC)c(C(F)(F)F)cc1C#N. The second kappa shape index (κ2) is 6.48. The van der Waals surface area contributed by atoms with Gasteiger partial charge in [-0.3, -0.25) is 0 Å². The summed E-state index contributed by atoms with van der Waals surface area (Å²) < 4.78 is 43.3. The Morgan fingerprint density at radius 1 is 1.48 bits per heavy atom. The second-order valence-electron chi connectivity index (χ2n) is 4.50. The Hall–Kier alpha value is -2.23. The van der Waals surface area contributed by atoms with Gasteiger partial charge in [-0.1, -0.05) is 6.92 Å². The van der Waals surface area contributed by atoms with Gasteiger partial charge in [-0.05, 0) is 25.5 Å². The van der Waals surface area contributed by atoms with E-state index in [1.807, 2.05) is 13.8 Å². The van der Waals surface area contributed by atoms with Crippen LogP contribution in [0.15, 0.2) is 12.1 Å². The van der Waals surface area contributed by atoms with Crippen molar-refractivity contribution < 1.29 is 22.7 Å². The minimum Gasteiger partial charge on any atom is -0.465 e. The molecule has 1 aromatic rings. The molecule has 0 aliphatic rings. The van der Waals surface area contributed by atoms with Crippen LogP contribution >= 0.6 is 0 Å². The fourth-order valence-electron chi connectivity index (χ4n) is 1.69. The lowest BCUT2D eigenvalue weighted by Gasteiger charge is -2.18. The van der Waals surface area contributed by atoms with E-state index in [1.165, 1.54) is 0 Å². The number of methoxy groups -OCH3 is 1. The van der Waals surface area contributed by atoms with E-state index in [2.05, 4.69) is 10.1 Å². The molecule has 0 spiro atoms. The quantitative estimate of drug-likeness (QED) is 0.863. The molecular formula is C14H15F3N2O2. The number of anilines is 1. The van der Waals surface area contributed by atoms with Crippen molar-refractivity contribution in [3.8, 4) is 6.07 Å². The van der Waals surface area contributed by atoms with Crippen molar-refractivity contribution in [1.82, 2.24) is 0 Å². The predicted octanol–water partition coefficient (Wildman–Crippen LogP) is 3.57. The van der Waals surface area contributed by atoms with E-state index in [-0.39, 0.29) is 17.3 Å². The van der Waals surface area contributed by atoms with E-state index in [9.17, 15) is 18.0 Å². The van der Waals surface area contributed by atoms with Gasteiger partial charge in [0.15, 0.2) is 0 Å². The van der Waals surface area contributed by atoms with Crippen molar-refractivity contribution in [3.05, 3.63) is 28.8 Å². The molecule has 1 unspecified atom stereocenters. The number of nitrogens with zero attached hydrogens (tertiary/aromatic N) is 1. The fraction of sp³-hybridized carbons (Fsp3) is 0.429. The summed E-state index contributed by atoms with van der Waals surface area (Å²) in [7, 11) is 1.00. The molecule has 7 heteroatoms. The summed E-state index contributed by atoms with van der Waals surface area (Å²) in [5.74, 6) is -1.10. The van der Waals surface area contributed by atoms with Crippen LogP contribution in [0.2, 0.25) is 0 Å². The first kappa shape index (κ1) is 16.8. The van der Waals surface area contributed by atoms with Gasteiger partial charge >= 0.3 is 12.1 Å². The summed E-state index contributed by atoms with van der Waals surface area (Å²) in [6.45, 7) is 3.70. The summed E-state index contributed by atoms with van der Waals surface area (Å²) in [5, 5.41) is 11.9. The molecule has 21 heavy (non-hydrogen) atoms. The highest BCUT2D eigenvalue weighted by Gasteiger charge is 2.36. The first-order valence-corrected chi connectivity index (χ1v) is 6.24. The Morgan fingerprint density at radius 2 is 2.10 bits per heavy atom. The van der Waals surface area contributed by atoms with Crippen molar-refractivity contribution >= 4 is 11.7 Å². The van der Waals surface area contributed by atoms with Crippen LogP contribution in [0.3, 0.4) is 0 Å². The zero-order valence-electron chi connectivity index (χ0n) is 11.8. The van der Waals surface area contributed by atoms with Crippen LogP contribution in [0.4, 0.5) is 18.9 Å². The number of esters is 1. The number of halogens is 3. The third-order valence-electron chi connectivity index (χ3n) is 3.00. The van der Waals surface area contributed by atoms with E-state index in [0.29, 0.717) is 12.5 Å². The molecule has 0 fully saturated rings. The molecule has 0 amide bonds. The molecule has 1 aromatic carbocycles. The molecular weight excluding hydrogens is 285 g/mol. The minimum atomic E-state index is -4.75. The first-order valence-electron chi connectivity index (χ1n) is 6.24. The van der Waals surface area contributed by atoms with E-state index in [0.717, 1.165) is 13.2 Å². The van der Waals surface area contributed by atoms with E-state index >= 15 is 0 Å². The van der Waals surface area contributed by atoms with Gasteiger partial charge < -0.3 is 10.1 Å².